The zero-order valence-corrected chi connectivity index (χ0v) is 14.9. The zero-order chi connectivity index (χ0) is 16.3. The van der Waals surface area contributed by atoms with Crippen molar-refractivity contribution in [3.05, 3.63) is 12.3 Å². The molecule has 1 amide bonds. The first kappa shape index (κ1) is 21.0. The Kier molecular flexibility index (Phi) is 17.2. The monoisotopic (exact) mass is 311 g/mol. The van der Waals surface area contributed by atoms with Crippen LogP contribution in [0.15, 0.2) is 12.3 Å². The molecule has 0 atom stereocenters. The molecule has 0 fully saturated rings. The van der Waals surface area contributed by atoms with Gasteiger partial charge >= 0.3 is 0 Å². The quantitative estimate of drug-likeness (QED) is 0.308. The number of carbonyl (C=O) groups is 1. The molecule has 0 aliphatic rings. The summed E-state index contributed by atoms with van der Waals surface area (Å²) >= 11 is 0. The van der Waals surface area contributed by atoms with Gasteiger partial charge in [0.1, 0.15) is 0 Å². The summed E-state index contributed by atoms with van der Waals surface area (Å²) < 4.78 is 5.46. The highest BCUT2D eigenvalue weighted by Crippen LogP contribution is 2.07. The third kappa shape index (κ3) is 17.1. The Balaban J connectivity index is 3.15. The van der Waals surface area contributed by atoms with Crippen LogP contribution in [-0.4, -0.2) is 19.1 Å². The fourth-order valence-corrected chi connectivity index (χ4v) is 2.25. The summed E-state index contributed by atoms with van der Waals surface area (Å²) in [5.74, 6) is 0.209. The first-order valence-electron chi connectivity index (χ1n) is 9.34. The van der Waals surface area contributed by atoms with E-state index in [4.69, 9.17) is 4.74 Å². The molecule has 3 heteroatoms. The largest absolute Gasteiger partial charge is 0.502 e. The van der Waals surface area contributed by atoms with Crippen LogP contribution in [0.3, 0.4) is 0 Å². The lowest BCUT2D eigenvalue weighted by atomic mass is 10.1. The molecule has 3 nitrogen and oxygen atoms in total. The average Bonchev–Trinajstić information content (AvgIpc) is 2.53. The van der Waals surface area contributed by atoms with Crippen molar-refractivity contribution in [2.75, 3.05) is 13.2 Å². The molecule has 0 spiro atoms. The van der Waals surface area contributed by atoms with Crippen molar-refractivity contribution in [3.63, 3.8) is 0 Å². The highest BCUT2D eigenvalue weighted by molar-refractivity contribution is 5.75. The Morgan fingerprint density at radius 1 is 0.909 bits per heavy atom. The second-order valence-electron chi connectivity index (χ2n) is 5.96. The minimum Gasteiger partial charge on any atom is -0.502 e. The lowest BCUT2D eigenvalue weighted by Crippen LogP contribution is -2.23. The number of allylic oxidation sites excluding steroid dienone is 1. The van der Waals surface area contributed by atoms with E-state index in [1.165, 1.54) is 44.9 Å². The molecule has 0 aromatic heterocycles. The summed E-state index contributed by atoms with van der Waals surface area (Å²) in [4.78, 5) is 11.4. The van der Waals surface area contributed by atoms with Gasteiger partial charge in [0.05, 0.1) is 12.9 Å². The fraction of sp³-hybridized carbons (Fsp3) is 0.842. The topological polar surface area (TPSA) is 38.3 Å². The van der Waals surface area contributed by atoms with Crippen molar-refractivity contribution in [2.24, 2.45) is 0 Å². The molecule has 22 heavy (non-hydrogen) atoms. The molecular weight excluding hydrogens is 274 g/mol. The molecule has 0 saturated carbocycles. The number of unbranched alkanes of at least 4 members (excludes halogenated alkanes) is 8. The predicted molar refractivity (Wildman–Crippen MR) is 94.9 cm³/mol. The Bertz CT molecular complexity index is 264. The van der Waals surface area contributed by atoms with Crippen LogP contribution in [0.1, 0.15) is 90.9 Å². The number of hydrogen-bond acceptors (Lipinski definition) is 2. The van der Waals surface area contributed by atoms with Crippen molar-refractivity contribution < 1.29 is 9.53 Å². The van der Waals surface area contributed by atoms with Crippen molar-refractivity contribution in [2.45, 2.75) is 90.9 Å². The summed E-state index contributed by atoms with van der Waals surface area (Å²) in [5, 5.41) is 2.92. The van der Waals surface area contributed by atoms with Gasteiger partial charge in [-0.05, 0) is 38.2 Å². The molecule has 0 aliphatic carbocycles. The summed E-state index contributed by atoms with van der Waals surface area (Å²) in [6, 6.07) is 0. The van der Waals surface area contributed by atoms with Gasteiger partial charge in [0.2, 0.25) is 5.91 Å². The summed E-state index contributed by atoms with van der Waals surface area (Å²) in [6.07, 6.45) is 17.7. The van der Waals surface area contributed by atoms with E-state index < -0.39 is 0 Å². The van der Waals surface area contributed by atoms with E-state index in [0.29, 0.717) is 6.42 Å². The van der Waals surface area contributed by atoms with E-state index in [2.05, 4.69) is 25.2 Å². The van der Waals surface area contributed by atoms with Gasteiger partial charge in [-0.3, -0.25) is 4.79 Å². The molecule has 130 valence electrons. The number of carbonyl (C=O) groups excluding carboxylic acids is 1. The minimum atomic E-state index is 0.209. The number of hydrogen-bond donors (Lipinski definition) is 1. The third-order valence-corrected chi connectivity index (χ3v) is 3.65. The van der Waals surface area contributed by atoms with Crippen LogP contribution in [0, 0.1) is 0 Å². The van der Waals surface area contributed by atoms with E-state index in [9.17, 15) is 4.79 Å². The maximum absolute atomic E-state index is 11.4. The van der Waals surface area contributed by atoms with Crippen molar-refractivity contribution in [1.29, 1.82) is 0 Å². The van der Waals surface area contributed by atoms with Crippen LogP contribution >= 0.6 is 0 Å². The van der Waals surface area contributed by atoms with Crippen LogP contribution in [0.2, 0.25) is 0 Å². The molecule has 0 bridgehead atoms. The first-order valence-corrected chi connectivity index (χ1v) is 9.34. The average molecular weight is 312 g/mol. The first-order chi connectivity index (χ1) is 10.8. The summed E-state index contributed by atoms with van der Waals surface area (Å²) in [7, 11) is 0. The second-order valence-corrected chi connectivity index (χ2v) is 5.96. The predicted octanol–water partition coefficient (Wildman–Crippen LogP) is 5.35. The van der Waals surface area contributed by atoms with E-state index in [1.54, 1.807) is 0 Å². The van der Waals surface area contributed by atoms with Crippen molar-refractivity contribution in [1.82, 2.24) is 5.32 Å². The molecule has 0 aliphatic heterocycles. The van der Waals surface area contributed by atoms with Crippen molar-refractivity contribution >= 4 is 5.91 Å². The number of nitrogens with one attached hydrogen (secondary N) is 1. The van der Waals surface area contributed by atoms with Crippen LogP contribution in [0.5, 0.6) is 0 Å². The Labute approximate surface area is 137 Å². The highest BCUT2D eigenvalue weighted by Gasteiger charge is 1.99. The van der Waals surface area contributed by atoms with Gasteiger partial charge in [0.15, 0.2) is 0 Å². The highest BCUT2D eigenvalue weighted by atomic mass is 16.5. The maximum Gasteiger partial charge on any atom is 0.219 e. The molecule has 0 rings (SSSR count). The SMILES string of the molecule is CCCCCCOC=CCCCCCCCC(=O)NCCC. The van der Waals surface area contributed by atoms with Crippen LogP contribution in [0.4, 0.5) is 0 Å². The lowest BCUT2D eigenvalue weighted by molar-refractivity contribution is -0.121. The normalized spacial score (nSPS) is 11.0. The number of amides is 1. The maximum atomic E-state index is 11.4. The molecule has 1 N–H and O–H groups in total. The smallest absolute Gasteiger partial charge is 0.219 e. The van der Waals surface area contributed by atoms with Crippen molar-refractivity contribution in [3.8, 4) is 0 Å². The molecule has 0 saturated heterocycles. The van der Waals surface area contributed by atoms with Gasteiger partial charge < -0.3 is 10.1 Å². The zero-order valence-electron chi connectivity index (χ0n) is 14.9. The number of rotatable bonds is 16. The third-order valence-electron chi connectivity index (χ3n) is 3.65. The molecule has 0 heterocycles. The lowest BCUT2D eigenvalue weighted by Gasteiger charge is -2.03. The Hall–Kier alpha value is -0.990. The summed E-state index contributed by atoms with van der Waals surface area (Å²) in [5.41, 5.74) is 0. The van der Waals surface area contributed by atoms with E-state index in [-0.39, 0.29) is 5.91 Å². The fourth-order valence-electron chi connectivity index (χ4n) is 2.25. The Morgan fingerprint density at radius 2 is 1.64 bits per heavy atom. The molecule has 0 radical (unpaired) electrons. The van der Waals surface area contributed by atoms with E-state index in [0.717, 1.165) is 38.8 Å². The molecule has 0 aromatic carbocycles. The number of ether oxygens (including phenoxy) is 1. The van der Waals surface area contributed by atoms with Crippen LogP contribution < -0.4 is 5.32 Å². The summed E-state index contributed by atoms with van der Waals surface area (Å²) in [6.45, 7) is 5.97. The molecule has 0 unspecified atom stereocenters. The van der Waals surface area contributed by atoms with Gasteiger partial charge in [-0.1, -0.05) is 52.4 Å². The second kappa shape index (κ2) is 18.1. The van der Waals surface area contributed by atoms with Gasteiger partial charge in [-0.2, -0.15) is 0 Å². The minimum absolute atomic E-state index is 0.209. The van der Waals surface area contributed by atoms with Gasteiger partial charge in [-0.25, -0.2) is 0 Å². The van der Waals surface area contributed by atoms with Gasteiger partial charge in [0, 0.05) is 13.0 Å². The molecular formula is C19H37NO2. The van der Waals surface area contributed by atoms with Crippen LogP contribution in [-0.2, 0) is 9.53 Å². The Morgan fingerprint density at radius 3 is 2.41 bits per heavy atom. The van der Waals surface area contributed by atoms with Gasteiger partial charge in [0.25, 0.3) is 0 Å². The van der Waals surface area contributed by atoms with Crippen LogP contribution in [0.25, 0.3) is 0 Å². The standard InChI is InChI=1S/C19H37NO2/c1-3-5-6-13-17-22-18-14-11-9-7-8-10-12-15-19(21)20-16-4-2/h14,18H,3-13,15-17H2,1-2H3,(H,20,21). The van der Waals surface area contributed by atoms with E-state index in [1.807, 2.05) is 6.26 Å². The van der Waals surface area contributed by atoms with Gasteiger partial charge in [-0.15, -0.1) is 0 Å². The molecule has 0 aromatic rings. The van der Waals surface area contributed by atoms with E-state index >= 15 is 0 Å².